The lowest BCUT2D eigenvalue weighted by atomic mass is 10.1. The highest BCUT2D eigenvalue weighted by molar-refractivity contribution is 5.77. The smallest absolute Gasteiger partial charge is 0.150 e. The van der Waals surface area contributed by atoms with Gasteiger partial charge in [0.1, 0.15) is 12.1 Å². The lowest BCUT2D eigenvalue weighted by Crippen LogP contribution is -2.12. The number of halogens is 1. The minimum absolute atomic E-state index is 0.307. The molecule has 0 aromatic heterocycles. The normalized spacial score (nSPS) is 10.2. The van der Waals surface area contributed by atoms with Crippen LogP contribution in [0, 0.1) is 12.7 Å². The lowest BCUT2D eigenvalue weighted by molar-refractivity contribution is 0.0863. The van der Waals surface area contributed by atoms with Gasteiger partial charge in [-0.3, -0.25) is 4.79 Å². The van der Waals surface area contributed by atoms with Gasteiger partial charge in [0, 0.05) is 12.1 Å². The molecule has 0 radical (unpaired) electrons. The van der Waals surface area contributed by atoms with Crippen LogP contribution in [0.25, 0.3) is 0 Å². The molecule has 0 aliphatic rings. The Hall–Kier alpha value is -1.26. The Balaban J connectivity index is 3.00. The van der Waals surface area contributed by atoms with E-state index in [0.717, 1.165) is 0 Å². The van der Waals surface area contributed by atoms with E-state index in [4.69, 9.17) is 0 Å². The Labute approximate surface area is 81.8 Å². The number of hydroxylamine groups is 1. The average molecular weight is 197 g/mol. The maximum absolute atomic E-state index is 13.1. The Morgan fingerprint density at radius 1 is 1.57 bits per heavy atom. The summed E-state index contributed by atoms with van der Waals surface area (Å²) in [5.41, 5.74) is 4.09. The summed E-state index contributed by atoms with van der Waals surface area (Å²) in [6, 6.07) is 2.86. The summed E-state index contributed by atoms with van der Waals surface area (Å²) < 4.78 is 13.1. The van der Waals surface area contributed by atoms with E-state index in [9.17, 15) is 9.18 Å². The fourth-order valence-corrected chi connectivity index (χ4v) is 1.16. The molecule has 0 saturated heterocycles. The van der Waals surface area contributed by atoms with Crippen LogP contribution in [0.1, 0.15) is 21.5 Å². The molecule has 4 heteroatoms. The molecule has 76 valence electrons. The molecule has 0 aliphatic heterocycles. The van der Waals surface area contributed by atoms with Gasteiger partial charge in [-0.2, -0.15) is 5.48 Å². The number of benzene rings is 1. The highest BCUT2D eigenvalue weighted by Crippen LogP contribution is 2.13. The Morgan fingerprint density at radius 2 is 2.29 bits per heavy atom. The number of carbonyl (C=O) groups is 1. The molecular formula is C10H12FNO2. The number of hydrogen-bond acceptors (Lipinski definition) is 3. The maximum Gasteiger partial charge on any atom is 0.150 e. The molecule has 1 aromatic carbocycles. The number of hydrogen-bond donors (Lipinski definition) is 1. The molecule has 0 heterocycles. The SMILES string of the molecule is CONCc1cc(F)c(C)cc1C=O. The maximum atomic E-state index is 13.1. The number of nitrogens with one attached hydrogen (secondary N) is 1. The first-order valence-corrected chi connectivity index (χ1v) is 4.19. The summed E-state index contributed by atoms with van der Waals surface area (Å²) in [4.78, 5) is 15.3. The predicted octanol–water partition coefficient (Wildman–Crippen LogP) is 1.60. The Bertz CT molecular complexity index is 339. The number of aldehydes is 1. The average Bonchev–Trinajstić information content (AvgIpc) is 2.19. The van der Waals surface area contributed by atoms with Gasteiger partial charge in [-0.15, -0.1) is 0 Å². The van der Waals surface area contributed by atoms with Crippen molar-refractivity contribution in [2.75, 3.05) is 7.11 Å². The molecule has 14 heavy (non-hydrogen) atoms. The third-order valence-electron chi connectivity index (χ3n) is 1.95. The zero-order valence-electron chi connectivity index (χ0n) is 8.13. The van der Waals surface area contributed by atoms with Crippen LogP contribution >= 0.6 is 0 Å². The Morgan fingerprint density at radius 3 is 2.86 bits per heavy atom. The van der Waals surface area contributed by atoms with Gasteiger partial charge in [0.05, 0.1) is 7.11 Å². The number of carbonyl (C=O) groups excluding carboxylic acids is 1. The highest BCUT2D eigenvalue weighted by Gasteiger charge is 2.06. The van der Waals surface area contributed by atoms with Gasteiger partial charge in [0.15, 0.2) is 0 Å². The van der Waals surface area contributed by atoms with Crippen LogP contribution in [0.15, 0.2) is 12.1 Å². The van der Waals surface area contributed by atoms with Crippen LogP contribution in [-0.2, 0) is 11.4 Å². The van der Waals surface area contributed by atoms with Gasteiger partial charge >= 0.3 is 0 Å². The van der Waals surface area contributed by atoms with Gasteiger partial charge in [-0.05, 0) is 30.2 Å². The molecular weight excluding hydrogens is 185 g/mol. The Kier molecular flexibility index (Phi) is 3.73. The summed E-state index contributed by atoms with van der Waals surface area (Å²) >= 11 is 0. The van der Waals surface area contributed by atoms with Crippen molar-refractivity contribution >= 4 is 6.29 Å². The molecule has 1 N–H and O–H groups in total. The van der Waals surface area contributed by atoms with Gasteiger partial charge in [0.25, 0.3) is 0 Å². The zero-order valence-corrected chi connectivity index (χ0v) is 8.13. The monoisotopic (exact) mass is 197 g/mol. The van der Waals surface area contributed by atoms with Crippen molar-refractivity contribution in [3.63, 3.8) is 0 Å². The predicted molar refractivity (Wildman–Crippen MR) is 50.4 cm³/mol. The standard InChI is InChI=1S/C10H12FNO2/c1-7-3-9(6-13)8(4-10(7)11)5-12-14-2/h3-4,6,12H,5H2,1-2H3. The second-order valence-corrected chi connectivity index (χ2v) is 2.94. The van der Waals surface area contributed by atoms with E-state index in [2.05, 4.69) is 10.3 Å². The van der Waals surface area contributed by atoms with E-state index < -0.39 is 0 Å². The quantitative estimate of drug-likeness (QED) is 0.588. The van der Waals surface area contributed by atoms with E-state index in [0.29, 0.717) is 29.5 Å². The van der Waals surface area contributed by atoms with Gasteiger partial charge in [-0.25, -0.2) is 4.39 Å². The first-order valence-electron chi connectivity index (χ1n) is 4.19. The van der Waals surface area contributed by atoms with Crippen molar-refractivity contribution < 1.29 is 14.0 Å². The van der Waals surface area contributed by atoms with Crippen molar-refractivity contribution in [3.8, 4) is 0 Å². The van der Waals surface area contributed by atoms with Gasteiger partial charge in [0.2, 0.25) is 0 Å². The molecule has 1 aromatic rings. The lowest BCUT2D eigenvalue weighted by Gasteiger charge is -2.07. The molecule has 0 bridgehead atoms. The zero-order chi connectivity index (χ0) is 10.6. The van der Waals surface area contributed by atoms with Crippen molar-refractivity contribution in [2.24, 2.45) is 0 Å². The highest BCUT2D eigenvalue weighted by atomic mass is 19.1. The first-order chi connectivity index (χ1) is 6.69. The number of aryl methyl sites for hydroxylation is 1. The third-order valence-corrected chi connectivity index (χ3v) is 1.95. The largest absolute Gasteiger partial charge is 0.305 e. The van der Waals surface area contributed by atoms with E-state index in [1.807, 2.05) is 0 Å². The summed E-state index contributed by atoms with van der Waals surface area (Å²) in [6.07, 6.45) is 0.707. The van der Waals surface area contributed by atoms with E-state index in [-0.39, 0.29) is 5.82 Å². The first kappa shape index (κ1) is 10.8. The summed E-state index contributed by atoms with van der Waals surface area (Å²) in [5.74, 6) is -0.316. The van der Waals surface area contributed by atoms with Crippen molar-refractivity contribution in [3.05, 3.63) is 34.6 Å². The van der Waals surface area contributed by atoms with Crippen LogP contribution in [0.4, 0.5) is 4.39 Å². The van der Waals surface area contributed by atoms with Crippen LogP contribution < -0.4 is 5.48 Å². The minimum Gasteiger partial charge on any atom is -0.305 e. The van der Waals surface area contributed by atoms with Crippen LogP contribution in [0.2, 0.25) is 0 Å². The fourth-order valence-electron chi connectivity index (χ4n) is 1.16. The van der Waals surface area contributed by atoms with Crippen molar-refractivity contribution in [1.29, 1.82) is 0 Å². The van der Waals surface area contributed by atoms with Gasteiger partial charge in [-0.1, -0.05) is 0 Å². The topological polar surface area (TPSA) is 38.3 Å². The third kappa shape index (κ3) is 2.37. The molecule has 0 amide bonds. The molecule has 0 saturated carbocycles. The second-order valence-electron chi connectivity index (χ2n) is 2.94. The summed E-state index contributed by atoms with van der Waals surface area (Å²) in [6.45, 7) is 1.93. The van der Waals surface area contributed by atoms with Gasteiger partial charge < -0.3 is 4.84 Å². The van der Waals surface area contributed by atoms with E-state index in [1.165, 1.54) is 19.2 Å². The molecule has 1 rings (SSSR count). The molecule has 0 unspecified atom stereocenters. The number of rotatable bonds is 4. The molecule has 0 fully saturated rings. The molecule has 0 atom stereocenters. The second kappa shape index (κ2) is 4.83. The van der Waals surface area contributed by atoms with E-state index >= 15 is 0 Å². The molecule has 0 spiro atoms. The van der Waals surface area contributed by atoms with Crippen LogP contribution in [0.5, 0.6) is 0 Å². The van der Waals surface area contributed by atoms with Crippen molar-refractivity contribution in [2.45, 2.75) is 13.5 Å². The van der Waals surface area contributed by atoms with Crippen molar-refractivity contribution in [1.82, 2.24) is 5.48 Å². The van der Waals surface area contributed by atoms with E-state index in [1.54, 1.807) is 6.92 Å². The summed E-state index contributed by atoms with van der Waals surface area (Å²) in [7, 11) is 1.46. The summed E-state index contributed by atoms with van der Waals surface area (Å²) in [5, 5.41) is 0. The molecule has 0 aliphatic carbocycles. The minimum atomic E-state index is -0.316. The fraction of sp³-hybridized carbons (Fsp3) is 0.300. The van der Waals surface area contributed by atoms with Crippen LogP contribution in [-0.4, -0.2) is 13.4 Å². The van der Waals surface area contributed by atoms with Crippen LogP contribution in [0.3, 0.4) is 0 Å². The molecule has 3 nitrogen and oxygen atoms in total.